The molecular formula is C22H28FN3OS. The highest BCUT2D eigenvalue weighted by molar-refractivity contribution is 8.02. The average molecular weight is 402 g/mol. The molecular weight excluding hydrogens is 373 g/mol. The number of benzene rings is 1. The van der Waals surface area contributed by atoms with E-state index in [9.17, 15) is 4.39 Å². The van der Waals surface area contributed by atoms with E-state index < -0.39 is 5.67 Å². The molecule has 2 rings (SSSR count). The molecule has 1 heterocycles. The highest BCUT2D eigenvalue weighted by Crippen LogP contribution is 2.27. The number of hydrogen-bond donors (Lipinski definition) is 1. The SMILES string of the molecule is C=C(/C=C(\C=C/C)SC)c1cc(ONc2ccc(C(C)(C)F)cc2)n(CC)n1. The predicted molar refractivity (Wildman–Crippen MR) is 118 cm³/mol. The molecule has 0 bridgehead atoms. The van der Waals surface area contributed by atoms with Gasteiger partial charge in [-0.1, -0.05) is 30.9 Å². The molecule has 0 amide bonds. The van der Waals surface area contributed by atoms with Gasteiger partial charge in [-0.05, 0) is 63.3 Å². The second-order valence-corrected chi connectivity index (χ2v) is 7.59. The number of alkyl halides is 1. The number of allylic oxidation sites excluding steroid dienone is 4. The fraction of sp³-hybridized carbons (Fsp3) is 0.318. The largest absolute Gasteiger partial charge is 0.362 e. The first kappa shape index (κ1) is 21.8. The van der Waals surface area contributed by atoms with Crippen molar-refractivity contribution in [3.63, 3.8) is 0 Å². The van der Waals surface area contributed by atoms with Gasteiger partial charge in [0.05, 0.1) is 11.4 Å². The summed E-state index contributed by atoms with van der Waals surface area (Å²) in [6, 6.07) is 8.90. The number of aromatic nitrogens is 2. The first-order chi connectivity index (χ1) is 13.3. The topological polar surface area (TPSA) is 39.1 Å². The van der Waals surface area contributed by atoms with Crippen molar-refractivity contribution in [2.75, 3.05) is 11.7 Å². The Kier molecular flexibility index (Phi) is 7.52. The van der Waals surface area contributed by atoms with E-state index in [2.05, 4.69) is 17.2 Å². The summed E-state index contributed by atoms with van der Waals surface area (Å²) < 4.78 is 15.7. The van der Waals surface area contributed by atoms with Crippen molar-refractivity contribution in [3.05, 3.63) is 71.3 Å². The molecule has 6 heteroatoms. The fourth-order valence-electron chi connectivity index (χ4n) is 2.50. The zero-order chi connectivity index (χ0) is 20.7. The van der Waals surface area contributed by atoms with E-state index >= 15 is 0 Å². The maximum atomic E-state index is 14.0. The molecule has 28 heavy (non-hydrogen) atoms. The number of nitrogens with zero attached hydrogens (tertiary/aromatic N) is 2. The van der Waals surface area contributed by atoms with Crippen LogP contribution in [0.25, 0.3) is 5.57 Å². The fourth-order valence-corrected chi connectivity index (χ4v) is 3.03. The maximum Gasteiger partial charge on any atom is 0.244 e. The van der Waals surface area contributed by atoms with Crippen molar-refractivity contribution in [1.82, 2.24) is 9.78 Å². The molecule has 0 saturated carbocycles. The number of thioether (sulfide) groups is 1. The molecule has 0 saturated heterocycles. The molecule has 4 nitrogen and oxygen atoms in total. The van der Waals surface area contributed by atoms with Crippen LogP contribution in [0.4, 0.5) is 10.1 Å². The van der Waals surface area contributed by atoms with Crippen LogP contribution in [0.3, 0.4) is 0 Å². The Morgan fingerprint density at radius 2 is 2.04 bits per heavy atom. The van der Waals surface area contributed by atoms with Gasteiger partial charge in [0.2, 0.25) is 5.88 Å². The number of halogens is 1. The van der Waals surface area contributed by atoms with Crippen LogP contribution < -0.4 is 10.3 Å². The minimum absolute atomic E-state index is 0.582. The summed E-state index contributed by atoms with van der Waals surface area (Å²) in [6.45, 7) is 11.8. The lowest BCUT2D eigenvalue weighted by atomic mass is 10.0. The van der Waals surface area contributed by atoms with Gasteiger partial charge in [0.25, 0.3) is 0 Å². The van der Waals surface area contributed by atoms with Crippen LogP contribution in [0.1, 0.15) is 39.0 Å². The smallest absolute Gasteiger partial charge is 0.244 e. The average Bonchev–Trinajstić information content (AvgIpc) is 3.09. The van der Waals surface area contributed by atoms with Gasteiger partial charge in [-0.25, -0.2) is 14.6 Å². The Hall–Kier alpha value is -2.47. The highest BCUT2D eigenvalue weighted by atomic mass is 32.2. The zero-order valence-corrected chi connectivity index (χ0v) is 17.9. The standard InChI is InChI=1S/C22H28FN3OS/c1-7-9-19(28-6)14-16(3)20-15-21(26(8-2)24-20)27-25-18-12-10-17(11-13-18)22(4,5)23/h7,9-15,25H,3,8H2,1-2,4-6H3/b9-7-,19-14+. The van der Waals surface area contributed by atoms with E-state index in [4.69, 9.17) is 4.84 Å². The third kappa shape index (κ3) is 5.76. The maximum absolute atomic E-state index is 14.0. The molecule has 0 aliphatic rings. The van der Waals surface area contributed by atoms with Gasteiger partial charge in [0, 0.05) is 17.5 Å². The van der Waals surface area contributed by atoms with E-state index in [0.29, 0.717) is 18.0 Å². The lowest BCUT2D eigenvalue weighted by molar-refractivity contribution is 0.221. The number of nitrogens with one attached hydrogen (secondary N) is 1. The summed E-state index contributed by atoms with van der Waals surface area (Å²) in [7, 11) is 0. The zero-order valence-electron chi connectivity index (χ0n) is 17.1. The Labute approximate surface area is 171 Å². The van der Waals surface area contributed by atoms with Gasteiger partial charge >= 0.3 is 0 Å². The van der Waals surface area contributed by atoms with Gasteiger partial charge in [-0.3, -0.25) is 0 Å². The molecule has 0 unspecified atom stereocenters. The van der Waals surface area contributed by atoms with Gasteiger partial charge < -0.3 is 4.84 Å². The van der Waals surface area contributed by atoms with E-state index in [0.717, 1.165) is 21.9 Å². The number of hydrogen-bond acceptors (Lipinski definition) is 4. The van der Waals surface area contributed by atoms with Crippen molar-refractivity contribution in [2.24, 2.45) is 0 Å². The molecule has 0 aliphatic heterocycles. The summed E-state index contributed by atoms with van der Waals surface area (Å²) in [4.78, 5) is 6.83. The summed E-state index contributed by atoms with van der Waals surface area (Å²) in [5.41, 5.74) is 4.44. The third-order valence-electron chi connectivity index (χ3n) is 4.10. The Balaban J connectivity index is 2.13. The van der Waals surface area contributed by atoms with Crippen LogP contribution in [0.5, 0.6) is 5.88 Å². The number of anilines is 1. The third-order valence-corrected chi connectivity index (χ3v) is 4.82. The van der Waals surface area contributed by atoms with Crippen LogP contribution in [0.15, 0.2) is 60.0 Å². The molecule has 0 radical (unpaired) electrons. The Morgan fingerprint density at radius 3 is 2.57 bits per heavy atom. The molecule has 0 atom stereocenters. The lowest BCUT2D eigenvalue weighted by Gasteiger charge is -2.15. The van der Waals surface area contributed by atoms with Crippen LogP contribution in [0.2, 0.25) is 0 Å². The normalized spacial score (nSPS) is 12.4. The lowest BCUT2D eigenvalue weighted by Crippen LogP contribution is -2.11. The van der Waals surface area contributed by atoms with Crippen molar-refractivity contribution in [2.45, 2.75) is 39.9 Å². The summed E-state index contributed by atoms with van der Waals surface area (Å²) in [5, 5.41) is 4.56. The molecule has 150 valence electrons. The molecule has 2 aromatic rings. The molecule has 0 spiro atoms. The van der Waals surface area contributed by atoms with Crippen LogP contribution >= 0.6 is 11.8 Å². The van der Waals surface area contributed by atoms with E-state index in [1.165, 1.54) is 13.8 Å². The van der Waals surface area contributed by atoms with Gasteiger partial charge in [0.1, 0.15) is 5.67 Å². The van der Waals surface area contributed by atoms with Crippen LogP contribution in [-0.2, 0) is 12.2 Å². The summed E-state index contributed by atoms with van der Waals surface area (Å²) in [5.74, 6) is 0.582. The predicted octanol–water partition coefficient (Wildman–Crippen LogP) is 6.35. The first-order valence-corrected chi connectivity index (χ1v) is 10.4. The Morgan fingerprint density at radius 1 is 1.36 bits per heavy atom. The van der Waals surface area contributed by atoms with Crippen LogP contribution in [0, 0.1) is 0 Å². The molecule has 1 aromatic heterocycles. The van der Waals surface area contributed by atoms with Gasteiger partial charge in [-0.2, -0.15) is 5.10 Å². The van der Waals surface area contributed by atoms with E-state index in [1.54, 1.807) is 40.7 Å². The Bertz CT molecular complexity index is 861. The molecule has 1 aromatic carbocycles. The van der Waals surface area contributed by atoms with Crippen molar-refractivity contribution in [3.8, 4) is 5.88 Å². The van der Waals surface area contributed by atoms with Gasteiger partial charge in [-0.15, -0.1) is 11.8 Å². The van der Waals surface area contributed by atoms with Crippen molar-refractivity contribution < 1.29 is 9.23 Å². The second kappa shape index (κ2) is 9.64. The molecule has 0 fully saturated rings. The van der Waals surface area contributed by atoms with Crippen LogP contribution in [-0.4, -0.2) is 16.0 Å². The quantitative estimate of drug-likeness (QED) is 0.392. The second-order valence-electron chi connectivity index (χ2n) is 6.71. The molecule has 1 N–H and O–H groups in total. The minimum atomic E-state index is -1.37. The first-order valence-electron chi connectivity index (χ1n) is 9.16. The van der Waals surface area contributed by atoms with Crippen molar-refractivity contribution >= 4 is 23.0 Å². The monoisotopic (exact) mass is 401 g/mol. The summed E-state index contributed by atoms with van der Waals surface area (Å²) in [6.07, 6.45) is 8.06. The van der Waals surface area contributed by atoms with E-state index in [1.807, 2.05) is 44.4 Å². The summed E-state index contributed by atoms with van der Waals surface area (Å²) >= 11 is 1.65. The highest BCUT2D eigenvalue weighted by Gasteiger charge is 2.18. The van der Waals surface area contributed by atoms with E-state index in [-0.39, 0.29) is 0 Å². The van der Waals surface area contributed by atoms with Gasteiger partial charge in [0.15, 0.2) is 0 Å². The van der Waals surface area contributed by atoms with Crippen molar-refractivity contribution in [1.29, 1.82) is 0 Å². The number of aryl methyl sites for hydroxylation is 1. The minimum Gasteiger partial charge on any atom is -0.362 e. The number of rotatable bonds is 9. The molecule has 0 aliphatic carbocycles.